The summed E-state index contributed by atoms with van der Waals surface area (Å²) in [4.78, 5) is 16.3. The lowest BCUT2D eigenvalue weighted by atomic mass is 9.92. The average Bonchev–Trinajstić information content (AvgIpc) is 2.93. The third kappa shape index (κ3) is 2.40. The zero-order valence-corrected chi connectivity index (χ0v) is 11.0. The number of carbonyl (C=O) groups excluding carboxylic acids is 1. The first kappa shape index (κ1) is 11.7. The summed E-state index contributed by atoms with van der Waals surface area (Å²) in [5.74, 6) is 1.53. The van der Waals surface area contributed by atoms with Crippen LogP contribution in [0.15, 0.2) is 0 Å². The van der Waals surface area contributed by atoms with Crippen molar-refractivity contribution in [1.82, 2.24) is 20.5 Å². The molecule has 1 unspecified atom stereocenters. The molecule has 2 fully saturated rings. The van der Waals surface area contributed by atoms with Gasteiger partial charge in [0.2, 0.25) is 5.82 Å². The highest BCUT2D eigenvalue weighted by Crippen LogP contribution is 2.38. The molecule has 5 nitrogen and oxygen atoms in total. The van der Waals surface area contributed by atoms with E-state index in [1.165, 1.54) is 6.42 Å². The number of nitrogens with zero attached hydrogens (tertiary/aromatic N) is 2. The van der Waals surface area contributed by atoms with Gasteiger partial charge in [-0.2, -0.15) is 0 Å². The topological polar surface area (TPSA) is 70.7 Å². The molecule has 2 aliphatic carbocycles. The van der Waals surface area contributed by atoms with Crippen molar-refractivity contribution in [2.45, 2.75) is 57.9 Å². The van der Waals surface area contributed by atoms with E-state index < -0.39 is 0 Å². The molecule has 0 aliphatic heterocycles. The van der Waals surface area contributed by atoms with Crippen LogP contribution in [0.4, 0.5) is 0 Å². The minimum Gasteiger partial charge on any atom is -0.347 e. The Morgan fingerprint density at radius 2 is 2.17 bits per heavy atom. The monoisotopic (exact) mass is 248 g/mol. The molecule has 0 radical (unpaired) electrons. The number of rotatable bonds is 3. The highest BCUT2D eigenvalue weighted by atomic mass is 16.2. The molecule has 0 aromatic carbocycles. The Labute approximate surface area is 107 Å². The lowest BCUT2D eigenvalue weighted by Crippen LogP contribution is -2.34. The molecule has 0 bridgehead atoms. The summed E-state index contributed by atoms with van der Waals surface area (Å²) in [6, 6.07) is 0.273. The minimum absolute atomic E-state index is 0.138. The van der Waals surface area contributed by atoms with E-state index in [1.807, 2.05) is 0 Å². The van der Waals surface area contributed by atoms with Crippen LogP contribution in [0.1, 0.15) is 68.3 Å². The maximum Gasteiger partial charge on any atom is 0.291 e. The van der Waals surface area contributed by atoms with Gasteiger partial charge in [-0.05, 0) is 37.5 Å². The summed E-state index contributed by atoms with van der Waals surface area (Å²) in [5.41, 5.74) is 0.343. The molecule has 0 spiro atoms. The van der Waals surface area contributed by atoms with E-state index in [9.17, 15) is 4.79 Å². The molecular formula is C13H20N4O. The van der Waals surface area contributed by atoms with Crippen LogP contribution in [0.25, 0.3) is 0 Å². The zero-order valence-electron chi connectivity index (χ0n) is 11.0. The number of aromatic amines is 1. The molecular weight excluding hydrogens is 228 g/mol. The summed E-state index contributed by atoms with van der Waals surface area (Å²) < 4.78 is 0. The zero-order chi connectivity index (χ0) is 12.8. The van der Waals surface area contributed by atoms with Crippen LogP contribution >= 0.6 is 0 Å². The molecule has 1 amide bonds. The van der Waals surface area contributed by atoms with Crippen molar-refractivity contribution in [1.29, 1.82) is 0 Å². The fourth-order valence-electron chi connectivity index (χ4n) is 2.72. The summed E-state index contributed by atoms with van der Waals surface area (Å²) in [7, 11) is 0. The minimum atomic E-state index is -0.138. The first-order valence-electron chi connectivity index (χ1n) is 6.77. The number of hydrogen-bond donors (Lipinski definition) is 2. The summed E-state index contributed by atoms with van der Waals surface area (Å²) in [6.07, 6.45) is 5.58. The Balaban J connectivity index is 1.60. The molecule has 3 rings (SSSR count). The van der Waals surface area contributed by atoms with Crippen LogP contribution in [-0.4, -0.2) is 27.1 Å². The fourth-order valence-corrected chi connectivity index (χ4v) is 2.72. The Morgan fingerprint density at radius 3 is 2.78 bits per heavy atom. The van der Waals surface area contributed by atoms with Crippen molar-refractivity contribution in [2.75, 3.05) is 0 Å². The molecule has 2 aliphatic rings. The molecule has 98 valence electrons. The molecule has 2 N–H and O–H groups in total. The van der Waals surface area contributed by atoms with E-state index in [-0.39, 0.29) is 11.9 Å². The lowest BCUT2D eigenvalue weighted by molar-refractivity contribution is 0.0926. The molecule has 1 heterocycles. The lowest BCUT2D eigenvalue weighted by Gasteiger charge is -2.17. The van der Waals surface area contributed by atoms with Crippen LogP contribution in [0.5, 0.6) is 0 Å². The third-order valence-corrected chi connectivity index (χ3v) is 3.97. The van der Waals surface area contributed by atoms with Gasteiger partial charge in [0, 0.05) is 12.0 Å². The van der Waals surface area contributed by atoms with Gasteiger partial charge in [0.25, 0.3) is 5.91 Å². The van der Waals surface area contributed by atoms with Crippen LogP contribution in [-0.2, 0) is 0 Å². The molecule has 1 aromatic rings. The second-order valence-electron chi connectivity index (χ2n) is 6.40. The highest BCUT2D eigenvalue weighted by Gasteiger charge is 2.33. The second kappa shape index (κ2) is 4.07. The Morgan fingerprint density at radius 1 is 1.39 bits per heavy atom. The smallest absolute Gasteiger partial charge is 0.291 e. The van der Waals surface area contributed by atoms with E-state index in [1.54, 1.807) is 0 Å². The van der Waals surface area contributed by atoms with Crippen molar-refractivity contribution in [3.63, 3.8) is 0 Å². The van der Waals surface area contributed by atoms with Crippen molar-refractivity contribution in [3.05, 3.63) is 11.6 Å². The molecule has 1 atom stereocenters. The van der Waals surface area contributed by atoms with Crippen LogP contribution in [0.2, 0.25) is 0 Å². The fraction of sp³-hybridized carbons (Fsp3) is 0.769. The second-order valence-corrected chi connectivity index (χ2v) is 6.40. The number of amides is 1. The highest BCUT2D eigenvalue weighted by molar-refractivity contribution is 5.90. The number of hydrogen-bond acceptors (Lipinski definition) is 3. The van der Waals surface area contributed by atoms with Crippen molar-refractivity contribution < 1.29 is 4.79 Å². The van der Waals surface area contributed by atoms with Gasteiger partial charge in [-0.3, -0.25) is 9.89 Å². The Hall–Kier alpha value is -1.39. The van der Waals surface area contributed by atoms with E-state index in [0.717, 1.165) is 31.5 Å². The maximum atomic E-state index is 12.0. The van der Waals surface area contributed by atoms with Crippen LogP contribution < -0.4 is 5.32 Å². The summed E-state index contributed by atoms with van der Waals surface area (Å²) in [5, 5.41) is 9.91. The predicted molar refractivity (Wildman–Crippen MR) is 67.2 cm³/mol. The number of aromatic nitrogens is 3. The number of carbonyl (C=O) groups is 1. The third-order valence-electron chi connectivity index (χ3n) is 3.97. The molecule has 18 heavy (non-hydrogen) atoms. The first-order chi connectivity index (χ1) is 8.53. The van der Waals surface area contributed by atoms with Gasteiger partial charge >= 0.3 is 0 Å². The summed E-state index contributed by atoms with van der Waals surface area (Å²) in [6.45, 7) is 4.49. The molecule has 2 saturated carbocycles. The Bertz CT molecular complexity index is 461. The first-order valence-corrected chi connectivity index (χ1v) is 6.77. The predicted octanol–water partition coefficient (Wildman–Crippen LogP) is 1.99. The van der Waals surface area contributed by atoms with Crippen molar-refractivity contribution in [2.24, 2.45) is 5.41 Å². The van der Waals surface area contributed by atoms with Gasteiger partial charge in [0.05, 0.1) is 0 Å². The number of H-pyrrole nitrogens is 1. The van der Waals surface area contributed by atoms with E-state index in [2.05, 4.69) is 34.3 Å². The van der Waals surface area contributed by atoms with Crippen LogP contribution in [0.3, 0.4) is 0 Å². The van der Waals surface area contributed by atoms with Crippen molar-refractivity contribution in [3.8, 4) is 0 Å². The van der Waals surface area contributed by atoms with Gasteiger partial charge < -0.3 is 5.32 Å². The quantitative estimate of drug-likeness (QED) is 0.859. The van der Waals surface area contributed by atoms with E-state index in [4.69, 9.17) is 0 Å². The Kier molecular flexibility index (Phi) is 2.64. The normalized spacial score (nSPS) is 26.2. The molecule has 1 aromatic heterocycles. The standard InChI is InChI=1S/C13H20N4O/c1-13(2)6-5-9(7-13)14-12(18)11-15-10(16-17-11)8-3-4-8/h8-9H,3-7H2,1-2H3,(H,14,18)(H,15,16,17). The summed E-state index contributed by atoms with van der Waals surface area (Å²) >= 11 is 0. The van der Waals surface area contributed by atoms with Gasteiger partial charge in [0.1, 0.15) is 5.82 Å². The molecule has 0 saturated heterocycles. The molecule has 5 heteroatoms. The van der Waals surface area contributed by atoms with E-state index in [0.29, 0.717) is 17.2 Å². The largest absolute Gasteiger partial charge is 0.347 e. The van der Waals surface area contributed by atoms with Gasteiger partial charge in [-0.15, -0.1) is 5.10 Å². The van der Waals surface area contributed by atoms with Gasteiger partial charge in [-0.25, -0.2) is 4.98 Å². The number of nitrogens with one attached hydrogen (secondary N) is 2. The van der Waals surface area contributed by atoms with Gasteiger partial charge in [-0.1, -0.05) is 13.8 Å². The maximum absolute atomic E-state index is 12.0. The van der Waals surface area contributed by atoms with Gasteiger partial charge in [0.15, 0.2) is 0 Å². The van der Waals surface area contributed by atoms with Crippen molar-refractivity contribution >= 4 is 5.91 Å². The van der Waals surface area contributed by atoms with E-state index >= 15 is 0 Å². The average molecular weight is 248 g/mol. The van der Waals surface area contributed by atoms with Crippen LogP contribution in [0, 0.1) is 5.41 Å². The SMILES string of the molecule is CC1(C)CCC(NC(=O)c2n[nH]c(C3CC3)n2)C1.